The molecule has 2 aromatic rings. The number of Topliss-reactive ketones (excluding diaryl/α,β-unsaturated/α-hetero) is 1. The van der Waals surface area contributed by atoms with Gasteiger partial charge >= 0.3 is 0 Å². The van der Waals surface area contributed by atoms with Crippen molar-refractivity contribution in [3.8, 4) is 5.75 Å². The second-order valence-electron chi connectivity index (χ2n) is 6.23. The summed E-state index contributed by atoms with van der Waals surface area (Å²) in [6, 6.07) is 7.12. The van der Waals surface area contributed by atoms with Crippen molar-refractivity contribution in [3.63, 3.8) is 0 Å². The predicted octanol–water partition coefficient (Wildman–Crippen LogP) is 3.12. The lowest BCUT2D eigenvalue weighted by molar-refractivity contribution is -0.123. The Bertz CT molecular complexity index is 836. The Morgan fingerprint density at radius 2 is 1.62 bits per heavy atom. The highest BCUT2D eigenvalue weighted by molar-refractivity contribution is 5.98. The molecule has 1 atom stereocenters. The lowest BCUT2D eigenvalue weighted by Gasteiger charge is -2.18. The van der Waals surface area contributed by atoms with Gasteiger partial charge in [0.05, 0.1) is 6.04 Å². The number of hydrogen-bond acceptors (Lipinski definition) is 4. The maximum atomic E-state index is 13.7. The van der Waals surface area contributed by atoms with Gasteiger partial charge in [-0.2, -0.15) is 8.78 Å². The number of nitrogens with two attached hydrogens (primary N) is 1. The minimum Gasteiger partial charge on any atom is -0.479 e. The van der Waals surface area contributed by atoms with E-state index in [1.807, 2.05) is 0 Å². The fraction of sp³-hybridized carbons (Fsp3) is 0.300. The van der Waals surface area contributed by atoms with Crippen molar-refractivity contribution >= 4 is 11.7 Å². The molecule has 0 saturated carbocycles. The molecule has 0 bridgehead atoms. The number of nitrogens with one attached hydrogen (secondary N) is 1. The van der Waals surface area contributed by atoms with E-state index in [1.165, 1.54) is 0 Å². The zero-order valence-corrected chi connectivity index (χ0v) is 15.4. The van der Waals surface area contributed by atoms with Crippen molar-refractivity contribution in [3.05, 3.63) is 65.2 Å². The molecule has 0 radical (unpaired) electrons. The van der Waals surface area contributed by atoms with E-state index in [4.69, 9.17) is 10.5 Å². The van der Waals surface area contributed by atoms with Crippen molar-refractivity contribution in [1.29, 1.82) is 0 Å². The first kappa shape index (κ1) is 22.4. The standard InChI is InChI=1S/C20H20F4N2O3/c21-13-10-14(22)18(24)19(17(13)23)29-11-16(27)15(8-4-5-9-25)26-20(28)12-6-2-1-3-7-12/h1-3,6-7,10,15H,4-5,8-9,11,25H2,(H,26,28). The van der Waals surface area contributed by atoms with Gasteiger partial charge in [0.2, 0.25) is 11.6 Å². The predicted molar refractivity (Wildman–Crippen MR) is 97.4 cm³/mol. The first-order valence-electron chi connectivity index (χ1n) is 8.89. The minimum atomic E-state index is -1.75. The molecule has 0 aromatic heterocycles. The van der Waals surface area contributed by atoms with E-state index in [0.717, 1.165) is 0 Å². The average molecular weight is 412 g/mol. The number of unbranched alkanes of at least 4 members (excludes halogenated alkanes) is 1. The van der Waals surface area contributed by atoms with Crippen LogP contribution in [0.15, 0.2) is 36.4 Å². The Kier molecular flexibility index (Phi) is 8.14. The van der Waals surface area contributed by atoms with Crippen LogP contribution in [0.4, 0.5) is 17.6 Å². The SMILES string of the molecule is NCCCCC(NC(=O)c1ccccc1)C(=O)COc1c(F)c(F)cc(F)c1F. The lowest BCUT2D eigenvalue weighted by Crippen LogP contribution is -2.43. The summed E-state index contributed by atoms with van der Waals surface area (Å²) >= 11 is 0. The fourth-order valence-corrected chi connectivity index (χ4v) is 2.56. The smallest absolute Gasteiger partial charge is 0.251 e. The molecule has 1 amide bonds. The van der Waals surface area contributed by atoms with Crippen LogP contribution in [0.3, 0.4) is 0 Å². The molecule has 5 nitrogen and oxygen atoms in total. The summed E-state index contributed by atoms with van der Waals surface area (Å²) in [5, 5.41) is 2.54. The van der Waals surface area contributed by atoms with Crippen LogP contribution in [0.5, 0.6) is 5.75 Å². The fourth-order valence-electron chi connectivity index (χ4n) is 2.56. The Morgan fingerprint density at radius 1 is 1.00 bits per heavy atom. The van der Waals surface area contributed by atoms with E-state index in [2.05, 4.69) is 5.32 Å². The highest BCUT2D eigenvalue weighted by Gasteiger charge is 2.25. The third kappa shape index (κ3) is 6.02. The summed E-state index contributed by atoms with van der Waals surface area (Å²) < 4.78 is 58.6. The van der Waals surface area contributed by atoms with Crippen LogP contribution < -0.4 is 15.8 Å². The molecule has 3 N–H and O–H groups in total. The van der Waals surface area contributed by atoms with Crippen LogP contribution in [-0.2, 0) is 4.79 Å². The number of amides is 1. The molecule has 9 heteroatoms. The van der Waals surface area contributed by atoms with Gasteiger partial charge in [-0.15, -0.1) is 0 Å². The molecule has 1 unspecified atom stereocenters. The Morgan fingerprint density at radius 3 is 2.21 bits per heavy atom. The molecule has 2 aromatic carbocycles. The Hall–Kier alpha value is -2.94. The number of ketones is 1. The maximum absolute atomic E-state index is 13.7. The van der Waals surface area contributed by atoms with E-state index in [0.29, 0.717) is 24.9 Å². The summed E-state index contributed by atoms with van der Waals surface area (Å²) in [6.45, 7) is -0.512. The second-order valence-corrected chi connectivity index (χ2v) is 6.23. The van der Waals surface area contributed by atoms with Crippen LogP contribution >= 0.6 is 0 Å². The van der Waals surface area contributed by atoms with E-state index in [1.54, 1.807) is 30.3 Å². The Labute approximate surface area is 164 Å². The molecule has 0 aliphatic carbocycles. The van der Waals surface area contributed by atoms with Crippen molar-refractivity contribution in [1.82, 2.24) is 5.32 Å². The van der Waals surface area contributed by atoms with E-state index < -0.39 is 53.4 Å². The number of carbonyl (C=O) groups is 2. The van der Waals surface area contributed by atoms with Gasteiger partial charge in [0.25, 0.3) is 5.91 Å². The number of carbonyl (C=O) groups excluding carboxylic acids is 2. The molecule has 0 spiro atoms. The van der Waals surface area contributed by atoms with Gasteiger partial charge < -0.3 is 15.8 Å². The average Bonchev–Trinajstić information content (AvgIpc) is 2.72. The molecule has 0 aliphatic heterocycles. The summed E-state index contributed by atoms with van der Waals surface area (Å²) in [5.41, 5.74) is 5.74. The quantitative estimate of drug-likeness (QED) is 0.357. The molecule has 2 rings (SSSR count). The molecule has 0 aliphatic rings. The highest BCUT2D eigenvalue weighted by atomic mass is 19.2. The number of halogens is 4. The van der Waals surface area contributed by atoms with Crippen LogP contribution in [0.2, 0.25) is 0 Å². The molecule has 29 heavy (non-hydrogen) atoms. The first-order chi connectivity index (χ1) is 13.8. The monoisotopic (exact) mass is 412 g/mol. The van der Waals surface area contributed by atoms with Crippen LogP contribution in [-0.4, -0.2) is 30.9 Å². The molecular formula is C20H20F4N2O3. The van der Waals surface area contributed by atoms with Crippen LogP contribution in [0.25, 0.3) is 0 Å². The third-order valence-electron chi connectivity index (χ3n) is 4.11. The number of benzene rings is 2. The van der Waals surface area contributed by atoms with Crippen LogP contribution in [0, 0.1) is 23.3 Å². The van der Waals surface area contributed by atoms with Crippen LogP contribution in [0.1, 0.15) is 29.6 Å². The molecule has 156 valence electrons. The lowest BCUT2D eigenvalue weighted by atomic mass is 10.0. The summed E-state index contributed by atoms with van der Waals surface area (Å²) in [4.78, 5) is 24.8. The highest BCUT2D eigenvalue weighted by Crippen LogP contribution is 2.26. The zero-order valence-electron chi connectivity index (χ0n) is 15.4. The van der Waals surface area contributed by atoms with E-state index >= 15 is 0 Å². The van der Waals surface area contributed by atoms with Crippen molar-refractivity contribution < 1.29 is 31.9 Å². The van der Waals surface area contributed by atoms with Gasteiger partial charge in [-0.05, 0) is 37.9 Å². The largest absolute Gasteiger partial charge is 0.479 e. The summed E-state index contributed by atoms with van der Waals surface area (Å²) in [7, 11) is 0. The molecule has 0 heterocycles. The van der Waals surface area contributed by atoms with E-state index in [9.17, 15) is 27.2 Å². The molecular weight excluding hydrogens is 392 g/mol. The van der Waals surface area contributed by atoms with Gasteiger partial charge in [0.1, 0.15) is 6.61 Å². The van der Waals surface area contributed by atoms with Gasteiger partial charge in [-0.3, -0.25) is 9.59 Å². The van der Waals surface area contributed by atoms with Gasteiger partial charge in [-0.25, -0.2) is 8.78 Å². The van der Waals surface area contributed by atoms with E-state index in [-0.39, 0.29) is 12.5 Å². The van der Waals surface area contributed by atoms with Crippen molar-refractivity contribution in [2.24, 2.45) is 5.73 Å². The maximum Gasteiger partial charge on any atom is 0.251 e. The van der Waals surface area contributed by atoms with Gasteiger partial charge in [0.15, 0.2) is 23.2 Å². The van der Waals surface area contributed by atoms with Crippen molar-refractivity contribution in [2.45, 2.75) is 25.3 Å². The minimum absolute atomic E-state index is 0.0368. The Balaban J connectivity index is 2.10. The van der Waals surface area contributed by atoms with Gasteiger partial charge in [0, 0.05) is 11.6 Å². The number of ether oxygens (including phenoxy) is 1. The van der Waals surface area contributed by atoms with Gasteiger partial charge in [-0.1, -0.05) is 18.2 Å². The first-order valence-corrected chi connectivity index (χ1v) is 8.89. The molecule has 0 saturated heterocycles. The zero-order chi connectivity index (χ0) is 21.4. The summed E-state index contributed by atoms with van der Waals surface area (Å²) in [5.74, 6) is -9.35. The second kappa shape index (κ2) is 10.6. The topological polar surface area (TPSA) is 81.4 Å². The summed E-state index contributed by atoms with van der Waals surface area (Å²) in [6.07, 6.45) is 1.30. The molecule has 0 fully saturated rings. The number of hydrogen-bond donors (Lipinski definition) is 2. The van der Waals surface area contributed by atoms with Crippen molar-refractivity contribution in [2.75, 3.05) is 13.2 Å². The third-order valence-corrected chi connectivity index (χ3v) is 4.11. The normalized spacial score (nSPS) is 11.8. The number of rotatable bonds is 10.